The number of aryl methyl sites for hydroxylation is 1. The van der Waals surface area contributed by atoms with Crippen molar-refractivity contribution >= 4 is 61.3 Å². The third kappa shape index (κ3) is 4.80. The first kappa shape index (κ1) is 22.2. The van der Waals surface area contributed by atoms with E-state index in [-0.39, 0.29) is 22.5 Å². The minimum atomic E-state index is -3.84. The van der Waals surface area contributed by atoms with Gasteiger partial charge in [0.15, 0.2) is 5.13 Å². The Morgan fingerprint density at radius 2 is 2.10 bits per heavy atom. The van der Waals surface area contributed by atoms with Gasteiger partial charge in [-0.1, -0.05) is 29.4 Å². The topological polar surface area (TPSA) is 106 Å². The maximum Gasteiger partial charge on any atom is 0.350 e. The monoisotopic (exact) mass is 477 g/mol. The summed E-state index contributed by atoms with van der Waals surface area (Å²) in [5, 5.41) is 2.89. The Balaban J connectivity index is 1.80. The van der Waals surface area contributed by atoms with Crippen molar-refractivity contribution in [2.24, 2.45) is 0 Å². The fourth-order valence-electron chi connectivity index (χ4n) is 3.03. The van der Waals surface area contributed by atoms with Gasteiger partial charge in [0.2, 0.25) is 5.91 Å². The molecule has 2 aromatic rings. The molecular weight excluding hydrogens is 458 g/mol. The molecule has 2 aromatic heterocycles. The molecule has 0 saturated carbocycles. The van der Waals surface area contributed by atoms with Gasteiger partial charge in [0.05, 0.1) is 16.6 Å². The number of ether oxygens (including phenoxy) is 1. The molecule has 1 aliphatic heterocycles. The minimum Gasteiger partial charge on any atom is -0.462 e. The van der Waals surface area contributed by atoms with E-state index in [1.807, 2.05) is 0 Å². The quantitative estimate of drug-likeness (QED) is 0.638. The van der Waals surface area contributed by atoms with Crippen LogP contribution in [0.2, 0.25) is 4.34 Å². The van der Waals surface area contributed by atoms with Crippen LogP contribution in [0.4, 0.5) is 5.13 Å². The summed E-state index contributed by atoms with van der Waals surface area (Å²) in [6.45, 7) is 3.84. The lowest BCUT2D eigenvalue weighted by Crippen LogP contribution is -2.49. The summed E-state index contributed by atoms with van der Waals surface area (Å²) in [5.74, 6) is -0.973. The summed E-state index contributed by atoms with van der Waals surface area (Å²) in [7, 11) is -3.84. The highest BCUT2D eigenvalue weighted by Crippen LogP contribution is 2.32. The van der Waals surface area contributed by atoms with Crippen molar-refractivity contribution in [2.75, 3.05) is 18.5 Å². The summed E-state index contributed by atoms with van der Waals surface area (Å²) in [5.41, 5.74) is 0.449. The third-order valence-corrected chi connectivity index (χ3v) is 9.02. The Bertz CT molecular complexity index is 1020. The van der Waals surface area contributed by atoms with E-state index in [0.717, 1.165) is 29.1 Å². The molecule has 1 unspecified atom stereocenters. The van der Waals surface area contributed by atoms with Crippen molar-refractivity contribution in [1.29, 1.82) is 0 Å². The zero-order valence-electron chi connectivity index (χ0n) is 15.8. The maximum absolute atomic E-state index is 13.0. The molecule has 1 fully saturated rings. The largest absolute Gasteiger partial charge is 0.462 e. The molecule has 1 N–H and O–H groups in total. The second-order valence-electron chi connectivity index (χ2n) is 6.33. The minimum absolute atomic E-state index is 0.108. The van der Waals surface area contributed by atoms with Crippen LogP contribution in [-0.4, -0.2) is 48.8 Å². The Kier molecular flexibility index (Phi) is 6.94. The molecule has 0 bridgehead atoms. The molecule has 8 nitrogen and oxygen atoms in total. The molecule has 0 aromatic carbocycles. The Morgan fingerprint density at radius 3 is 2.76 bits per heavy atom. The standard InChI is InChI=1S/C17H20ClN3O5S3/c1-3-26-16(23)14-10(2)19-17(28-14)20-15(22)11-6-4-5-9-21(11)29(24,25)13-8-7-12(18)27-13/h7-8,11H,3-6,9H2,1-2H3,(H,19,20,22). The number of aromatic nitrogens is 1. The van der Waals surface area contributed by atoms with Crippen LogP contribution in [0.5, 0.6) is 0 Å². The number of anilines is 1. The van der Waals surface area contributed by atoms with Gasteiger partial charge in [-0.15, -0.1) is 11.3 Å². The van der Waals surface area contributed by atoms with Crippen LogP contribution in [0, 0.1) is 6.92 Å². The molecule has 0 spiro atoms. The van der Waals surface area contributed by atoms with Gasteiger partial charge in [0.25, 0.3) is 10.0 Å². The van der Waals surface area contributed by atoms with Crippen LogP contribution in [0.15, 0.2) is 16.3 Å². The smallest absolute Gasteiger partial charge is 0.350 e. The first-order valence-electron chi connectivity index (χ1n) is 8.96. The fourth-order valence-corrected chi connectivity index (χ4v) is 7.16. The molecule has 1 atom stereocenters. The lowest BCUT2D eigenvalue weighted by atomic mass is 10.0. The number of hydrogen-bond donors (Lipinski definition) is 1. The molecule has 1 saturated heterocycles. The molecule has 0 aliphatic carbocycles. The van der Waals surface area contributed by atoms with Gasteiger partial charge in [0, 0.05) is 6.54 Å². The molecule has 158 valence electrons. The number of rotatable bonds is 6. The van der Waals surface area contributed by atoms with E-state index in [1.165, 1.54) is 16.4 Å². The van der Waals surface area contributed by atoms with Gasteiger partial charge < -0.3 is 10.1 Å². The van der Waals surface area contributed by atoms with E-state index in [9.17, 15) is 18.0 Å². The van der Waals surface area contributed by atoms with E-state index in [2.05, 4.69) is 10.3 Å². The van der Waals surface area contributed by atoms with Crippen LogP contribution >= 0.6 is 34.3 Å². The van der Waals surface area contributed by atoms with Crippen molar-refractivity contribution in [3.63, 3.8) is 0 Å². The van der Waals surface area contributed by atoms with E-state index in [0.29, 0.717) is 27.7 Å². The number of nitrogens with one attached hydrogen (secondary N) is 1. The van der Waals surface area contributed by atoms with Gasteiger partial charge in [-0.25, -0.2) is 18.2 Å². The first-order chi connectivity index (χ1) is 13.7. The van der Waals surface area contributed by atoms with E-state index in [4.69, 9.17) is 16.3 Å². The number of piperidine rings is 1. The SMILES string of the molecule is CCOC(=O)c1sc(NC(=O)C2CCCCN2S(=O)(=O)c2ccc(Cl)s2)nc1C. The predicted octanol–water partition coefficient (Wildman–Crippen LogP) is 3.53. The number of carbonyl (C=O) groups is 2. The van der Waals surface area contributed by atoms with Crippen molar-refractivity contribution in [3.8, 4) is 0 Å². The number of amides is 1. The average molecular weight is 478 g/mol. The van der Waals surface area contributed by atoms with Crippen molar-refractivity contribution in [3.05, 3.63) is 27.0 Å². The van der Waals surface area contributed by atoms with Gasteiger partial charge >= 0.3 is 5.97 Å². The number of esters is 1. The van der Waals surface area contributed by atoms with E-state index < -0.39 is 27.9 Å². The zero-order chi connectivity index (χ0) is 21.2. The van der Waals surface area contributed by atoms with Crippen molar-refractivity contribution < 1.29 is 22.7 Å². The molecule has 3 rings (SSSR count). The molecule has 1 aliphatic rings. The van der Waals surface area contributed by atoms with Crippen LogP contribution in [0.25, 0.3) is 0 Å². The molecule has 29 heavy (non-hydrogen) atoms. The van der Waals surface area contributed by atoms with Gasteiger partial charge in [-0.3, -0.25) is 4.79 Å². The summed E-state index contributed by atoms with van der Waals surface area (Å²) >= 11 is 7.86. The third-order valence-electron chi connectivity index (χ3n) is 4.36. The lowest BCUT2D eigenvalue weighted by molar-refractivity contribution is -0.120. The number of thiophene rings is 1. The van der Waals surface area contributed by atoms with Gasteiger partial charge in [-0.2, -0.15) is 4.31 Å². The number of sulfonamides is 1. The summed E-state index contributed by atoms with van der Waals surface area (Å²) in [4.78, 5) is 29.3. The van der Waals surface area contributed by atoms with E-state index in [1.54, 1.807) is 13.8 Å². The second kappa shape index (κ2) is 9.09. The zero-order valence-corrected chi connectivity index (χ0v) is 19.0. The molecular formula is C17H20ClN3O5S3. The number of thiazole rings is 1. The predicted molar refractivity (Wildman–Crippen MR) is 112 cm³/mol. The van der Waals surface area contributed by atoms with Crippen molar-refractivity contribution in [1.82, 2.24) is 9.29 Å². The maximum atomic E-state index is 13.0. The van der Waals surface area contributed by atoms with Crippen LogP contribution in [-0.2, 0) is 19.6 Å². The average Bonchev–Trinajstić information content (AvgIpc) is 3.28. The van der Waals surface area contributed by atoms with Crippen LogP contribution < -0.4 is 5.32 Å². The Labute approximate surface area is 181 Å². The normalized spacial score (nSPS) is 17.8. The second-order valence-corrected chi connectivity index (χ2v) is 11.2. The van der Waals surface area contributed by atoms with Gasteiger partial charge in [-0.05, 0) is 38.8 Å². The van der Waals surface area contributed by atoms with Gasteiger partial charge in [0.1, 0.15) is 15.1 Å². The Morgan fingerprint density at radius 1 is 1.34 bits per heavy atom. The molecule has 1 amide bonds. The number of halogens is 1. The molecule has 0 radical (unpaired) electrons. The number of hydrogen-bond acceptors (Lipinski definition) is 8. The number of carbonyl (C=O) groups excluding carboxylic acids is 2. The summed E-state index contributed by atoms with van der Waals surface area (Å²) < 4.78 is 32.7. The van der Waals surface area contributed by atoms with Crippen molar-refractivity contribution in [2.45, 2.75) is 43.4 Å². The highest BCUT2D eigenvalue weighted by atomic mass is 35.5. The summed E-state index contributed by atoms with van der Waals surface area (Å²) in [6.07, 6.45) is 1.81. The van der Waals surface area contributed by atoms with Crippen LogP contribution in [0.3, 0.4) is 0 Å². The fraction of sp³-hybridized carbons (Fsp3) is 0.471. The molecule has 3 heterocycles. The highest BCUT2D eigenvalue weighted by molar-refractivity contribution is 7.91. The summed E-state index contributed by atoms with van der Waals surface area (Å²) in [6, 6.07) is 2.11. The van der Waals surface area contributed by atoms with Crippen LogP contribution in [0.1, 0.15) is 41.6 Å². The molecule has 12 heteroatoms. The lowest BCUT2D eigenvalue weighted by Gasteiger charge is -2.32. The highest BCUT2D eigenvalue weighted by Gasteiger charge is 2.38. The number of nitrogens with zero attached hydrogens (tertiary/aromatic N) is 2. The Hall–Kier alpha value is -1.53. The first-order valence-corrected chi connectivity index (χ1v) is 12.4. The van der Waals surface area contributed by atoms with E-state index >= 15 is 0 Å².